The Bertz CT molecular complexity index is 1580. The highest BCUT2D eigenvalue weighted by molar-refractivity contribution is 5.95. The molecule has 0 fully saturated rings. The number of aryl methyl sites for hydroxylation is 1. The molecule has 8 nitrogen and oxygen atoms in total. The zero-order valence-corrected chi connectivity index (χ0v) is 20.2. The number of hydrogen-bond acceptors (Lipinski definition) is 6. The summed E-state index contributed by atoms with van der Waals surface area (Å²) in [7, 11) is 0. The van der Waals surface area contributed by atoms with Crippen molar-refractivity contribution in [2.45, 2.75) is 13.5 Å². The Morgan fingerprint density at radius 1 is 0.973 bits per heavy atom. The maximum atomic E-state index is 12.5. The fourth-order valence-electron chi connectivity index (χ4n) is 4.33. The van der Waals surface area contributed by atoms with E-state index < -0.39 is 0 Å². The summed E-state index contributed by atoms with van der Waals surface area (Å²) < 4.78 is 18.4. The molecule has 0 aliphatic carbocycles. The first kappa shape index (κ1) is 22.6. The van der Waals surface area contributed by atoms with Crippen LogP contribution in [0.1, 0.15) is 11.1 Å². The Morgan fingerprint density at radius 2 is 1.73 bits per heavy atom. The monoisotopic (exact) mass is 492 g/mol. The number of carbonyl (C=O) groups is 1. The molecule has 5 aromatic rings. The molecule has 0 saturated carbocycles. The number of fused-ring (bicyclic) bond motifs is 2. The van der Waals surface area contributed by atoms with Gasteiger partial charge in [0.05, 0.1) is 11.1 Å². The predicted molar refractivity (Wildman–Crippen MR) is 139 cm³/mol. The van der Waals surface area contributed by atoms with Crippen molar-refractivity contribution in [1.29, 1.82) is 0 Å². The van der Waals surface area contributed by atoms with Crippen LogP contribution in [0.15, 0.2) is 84.9 Å². The molecular weight excluding hydrogens is 468 g/mol. The summed E-state index contributed by atoms with van der Waals surface area (Å²) in [6.07, 6.45) is 0. The van der Waals surface area contributed by atoms with Gasteiger partial charge in [-0.3, -0.25) is 4.79 Å². The standard InChI is InChI=1S/C29H24N4O4/c1-19-14-26(35-17-25(34)30-16-20-12-13-23-24(15-20)37-18-36-23)31-29-27(19)28(21-8-4-2-5-9-21)32-33(29)22-10-6-3-7-11-22/h2-15H,16-18H2,1H3,(H,30,34). The molecule has 1 aliphatic heterocycles. The lowest BCUT2D eigenvalue weighted by atomic mass is 10.1. The normalized spacial score (nSPS) is 12.0. The molecule has 37 heavy (non-hydrogen) atoms. The first-order chi connectivity index (χ1) is 18.2. The summed E-state index contributed by atoms with van der Waals surface area (Å²) in [5.41, 5.74) is 5.28. The van der Waals surface area contributed by atoms with Gasteiger partial charge in [0.15, 0.2) is 23.8 Å². The highest BCUT2D eigenvalue weighted by atomic mass is 16.7. The SMILES string of the molecule is Cc1cc(OCC(=O)NCc2ccc3c(c2)OCO3)nc2c1c(-c1ccccc1)nn2-c1ccccc1. The number of benzene rings is 3. The number of nitrogens with zero attached hydrogens (tertiary/aromatic N) is 3. The van der Waals surface area contributed by atoms with E-state index >= 15 is 0 Å². The smallest absolute Gasteiger partial charge is 0.258 e. The van der Waals surface area contributed by atoms with Crippen molar-refractivity contribution in [3.05, 3.63) is 96.1 Å². The summed E-state index contributed by atoms with van der Waals surface area (Å²) in [6, 6.07) is 27.3. The second-order valence-electron chi connectivity index (χ2n) is 8.69. The number of ether oxygens (including phenoxy) is 3. The minimum absolute atomic E-state index is 0.159. The molecule has 8 heteroatoms. The van der Waals surface area contributed by atoms with Crippen molar-refractivity contribution in [3.63, 3.8) is 0 Å². The number of hydrogen-bond donors (Lipinski definition) is 1. The lowest BCUT2D eigenvalue weighted by Gasteiger charge is -2.09. The average molecular weight is 493 g/mol. The molecule has 1 aliphatic rings. The topological polar surface area (TPSA) is 87.5 Å². The van der Waals surface area contributed by atoms with Crippen LogP contribution in [0.25, 0.3) is 28.0 Å². The molecule has 0 bridgehead atoms. The van der Waals surface area contributed by atoms with Gasteiger partial charge in [-0.25, -0.2) is 4.68 Å². The van der Waals surface area contributed by atoms with Gasteiger partial charge in [-0.2, -0.15) is 10.1 Å². The third-order valence-corrected chi connectivity index (χ3v) is 6.14. The Hall–Kier alpha value is -4.85. The maximum absolute atomic E-state index is 12.5. The fourth-order valence-corrected chi connectivity index (χ4v) is 4.33. The summed E-state index contributed by atoms with van der Waals surface area (Å²) in [5.74, 6) is 1.50. The van der Waals surface area contributed by atoms with Crippen molar-refractivity contribution in [2.75, 3.05) is 13.4 Å². The summed E-state index contributed by atoms with van der Waals surface area (Å²) in [4.78, 5) is 17.3. The van der Waals surface area contributed by atoms with Gasteiger partial charge in [-0.05, 0) is 42.3 Å². The van der Waals surface area contributed by atoms with Gasteiger partial charge in [-0.15, -0.1) is 0 Å². The lowest BCUT2D eigenvalue weighted by Crippen LogP contribution is -2.28. The molecule has 0 unspecified atom stereocenters. The van der Waals surface area contributed by atoms with E-state index in [4.69, 9.17) is 24.3 Å². The van der Waals surface area contributed by atoms with Gasteiger partial charge in [0, 0.05) is 18.2 Å². The van der Waals surface area contributed by atoms with Gasteiger partial charge < -0.3 is 19.5 Å². The minimum Gasteiger partial charge on any atom is -0.468 e. The van der Waals surface area contributed by atoms with Crippen LogP contribution in [0.5, 0.6) is 17.4 Å². The third-order valence-electron chi connectivity index (χ3n) is 6.14. The van der Waals surface area contributed by atoms with Gasteiger partial charge in [0.2, 0.25) is 12.7 Å². The van der Waals surface area contributed by atoms with E-state index in [2.05, 4.69) is 5.32 Å². The zero-order valence-electron chi connectivity index (χ0n) is 20.2. The van der Waals surface area contributed by atoms with Crippen molar-refractivity contribution in [2.24, 2.45) is 0 Å². The lowest BCUT2D eigenvalue weighted by molar-refractivity contribution is -0.123. The molecule has 0 saturated heterocycles. The van der Waals surface area contributed by atoms with E-state index in [1.807, 2.05) is 96.5 Å². The Morgan fingerprint density at radius 3 is 2.54 bits per heavy atom. The molecule has 2 aromatic heterocycles. The van der Waals surface area contributed by atoms with E-state index in [1.165, 1.54) is 0 Å². The first-order valence-corrected chi connectivity index (χ1v) is 11.9. The molecular formula is C29H24N4O4. The van der Waals surface area contributed by atoms with Crippen LogP contribution in [0.3, 0.4) is 0 Å². The molecule has 0 spiro atoms. The molecule has 6 rings (SSSR count). The average Bonchev–Trinajstić information content (AvgIpc) is 3.56. The molecule has 0 radical (unpaired) electrons. The highest BCUT2D eigenvalue weighted by Crippen LogP contribution is 2.34. The second-order valence-corrected chi connectivity index (χ2v) is 8.69. The number of aromatic nitrogens is 3. The third kappa shape index (κ3) is 4.56. The van der Waals surface area contributed by atoms with E-state index in [9.17, 15) is 4.79 Å². The molecule has 0 atom stereocenters. The van der Waals surface area contributed by atoms with Crippen LogP contribution in [0, 0.1) is 6.92 Å². The molecule has 1 amide bonds. The molecule has 184 valence electrons. The van der Waals surface area contributed by atoms with Crippen molar-refractivity contribution >= 4 is 16.9 Å². The van der Waals surface area contributed by atoms with E-state index in [-0.39, 0.29) is 19.3 Å². The quantitative estimate of drug-likeness (QED) is 0.351. The van der Waals surface area contributed by atoms with Gasteiger partial charge in [-0.1, -0.05) is 54.6 Å². The van der Waals surface area contributed by atoms with Crippen LogP contribution < -0.4 is 19.5 Å². The highest BCUT2D eigenvalue weighted by Gasteiger charge is 2.19. The second kappa shape index (κ2) is 9.66. The van der Waals surface area contributed by atoms with Gasteiger partial charge >= 0.3 is 0 Å². The van der Waals surface area contributed by atoms with Crippen molar-refractivity contribution in [1.82, 2.24) is 20.1 Å². The number of carbonyl (C=O) groups excluding carboxylic acids is 1. The van der Waals surface area contributed by atoms with E-state index in [0.29, 0.717) is 29.6 Å². The summed E-state index contributed by atoms with van der Waals surface area (Å²) in [5, 5.41) is 8.72. The molecule has 1 N–H and O–H groups in total. The Balaban J connectivity index is 1.24. The van der Waals surface area contributed by atoms with Gasteiger partial charge in [0.25, 0.3) is 5.91 Å². The van der Waals surface area contributed by atoms with Crippen molar-refractivity contribution in [3.8, 4) is 34.3 Å². The summed E-state index contributed by atoms with van der Waals surface area (Å²) >= 11 is 0. The summed E-state index contributed by atoms with van der Waals surface area (Å²) in [6.45, 7) is 2.41. The largest absolute Gasteiger partial charge is 0.468 e. The van der Waals surface area contributed by atoms with Crippen LogP contribution in [0.4, 0.5) is 0 Å². The number of pyridine rings is 1. The number of para-hydroxylation sites is 1. The minimum atomic E-state index is -0.251. The van der Waals surface area contributed by atoms with E-state index in [1.54, 1.807) is 0 Å². The van der Waals surface area contributed by atoms with Crippen LogP contribution in [0.2, 0.25) is 0 Å². The van der Waals surface area contributed by atoms with Crippen molar-refractivity contribution < 1.29 is 19.0 Å². The number of amides is 1. The number of rotatable bonds is 7. The van der Waals surface area contributed by atoms with Crippen LogP contribution in [-0.4, -0.2) is 34.1 Å². The maximum Gasteiger partial charge on any atom is 0.258 e. The van der Waals surface area contributed by atoms with Crippen LogP contribution >= 0.6 is 0 Å². The zero-order chi connectivity index (χ0) is 25.2. The number of nitrogens with one attached hydrogen (secondary N) is 1. The van der Waals surface area contributed by atoms with Crippen LogP contribution in [-0.2, 0) is 11.3 Å². The fraction of sp³-hybridized carbons (Fsp3) is 0.138. The Labute approximate surface area is 213 Å². The predicted octanol–water partition coefficient (Wildman–Crippen LogP) is 4.82. The van der Waals surface area contributed by atoms with Gasteiger partial charge in [0.1, 0.15) is 5.69 Å². The Kier molecular flexibility index (Phi) is 5.90. The molecule has 3 aromatic carbocycles. The first-order valence-electron chi connectivity index (χ1n) is 11.9. The van der Waals surface area contributed by atoms with E-state index in [0.717, 1.165) is 33.5 Å². The molecule has 3 heterocycles.